The Morgan fingerprint density at radius 1 is 1.26 bits per heavy atom. The van der Waals surface area contributed by atoms with Crippen molar-refractivity contribution in [1.82, 2.24) is 9.71 Å². The van der Waals surface area contributed by atoms with Crippen LogP contribution in [0.3, 0.4) is 0 Å². The van der Waals surface area contributed by atoms with Gasteiger partial charge in [-0.25, -0.2) is 18.1 Å². The molecular formula is C15H17N3O3S2. The highest BCUT2D eigenvalue weighted by Crippen LogP contribution is 2.22. The van der Waals surface area contributed by atoms with Crippen molar-refractivity contribution in [2.45, 2.75) is 36.6 Å². The van der Waals surface area contributed by atoms with Crippen LogP contribution in [0.4, 0.5) is 5.13 Å². The Morgan fingerprint density at radius 2 is 2.00 bits per heavy atom. The summed E-state index contributed by atoms with van der Waals surface area (Å²) in [5, 5.41) is 5.10. The summed E-state index contributed by atoms with van der Waals surface area (Å²) in [6, 6.07) is 6.75. The number of benzene rings is 1. The molecular weight excluding hydrogens is 334 g/mol. The number of nitrogens with zero attached hydrogens (tertiary/aromatic N) is 1. The minimum absolute atomic E-state index is 0.0919. The van der Waals surface area contributed by atoms with Crippen molar-refractivity contribution < 1.29 is 13.2 Å². The molecule has 0 radical (unpaired) electrons. The first-order valence-corrected chi connectivity index (χ1v) is 9.70. The molecule has 23 heavy (non-hydrogen) atoms. The summed E-state index contributed by atoms with van der Waals surface area (Å²) >= 11 is 1.37. The van der Waals surface area contributed by atoms with Crippen LogP contribution in [-0.2, 0) is 21.2 Å². The lowest BCUT2D eigenvalue weighted by Crippen LogP contribution is -2.25. The van der Waals surface area contributed by atoms with Crippen molar-refractivity contribution in [3.05, 3.63) is 41.4 Å². The van der Waals surface area contributed by atoms with Crippen LogP contribution in [0.25, 0.3) is 0 Å². The second kappa shape index (κ2) is 6.77. The molecule has 8 heteroatoms. The van der Waals surface area contributed by atoms with E-state index in [1.807, 2.05) is 0 Å². The van der Waals surface area contributed by atoms with E-state index in [2.05, 4.69) is 15.0 Å². The number of aryl methyl sites for hydroxylation is 1. The van der Waals surface area contributed by atoms with Gasteiger partial charge in [0.05, 0.1) is 4.90 Å². The Balaban J connectivity index is 1.54. The average molecular weight is 351 g/mol. The first kappa shape index (κ1) is 16.1. The molecule has 6 nitrogen and oxygen atoms in total. The molecule has 0 atom stereocenters. The molecule has 0 saturated heterocycles. The van der Waals surface area contributed by atoms with Gasteiger partial charge < -0.3 is 5.32 Å². The van der Waals surface area contributed by atoms with E-state index in [4.69, 9.17) is 0 Å². The summed E-state index contributed by atoms with van der Waals surface area (Å²) in [7, 11) is -3.42. The van der Waals surface area contributed by atoms with E-state index in [-0.39, 0.29) is 16.8 Å². The van der Waals surface area contributed by atoms with Crippen LogP contribution in [-0.4, -0.2) is 25.4 Å². The van der Waals surface area contributed by atoms with E-state index in [1.165, 1.54) is 11.3 Å². The highest BCUT2D eigenvalue weighted by molar-refractivity contribution is 7.89. The van der Waals surface area contributed by atoms with Gasteiger partial charge in [-0.05, 0) is 37.0 Å². The van der Waals surface area contributed by atoms with Crippen LogP contribution >= 0.6 is 11.3 Å². The quantitative estimate of drug-likeness (QED) is 0.800. The molecule has 1 saturated carbocycles. The van der Waals surface area contributed by atoms with Crippen molar-refractivity contribution >= 4 is 32.4 Å². The third-order valence-electron chi connectivity index (χ3n) is 3.45. The van der Waals surface area contributed by atoms with Crippen LogP contribution in [0, 0.1) is 0 Å². The summed E-state index contributed by atoms with van der Waals surface area (Å²) in [4.78, 5) is 16.0. The molecule has 1 heterocycles. The van der Waals surface area contributed by atoms with Crippen molar-refractivity contribution in [3.8, 4) is 0 Å². The van der Waals surface area contributed by atoms with Gasteiger partial charge in [0, 0.05) is 24.0 Å². The molecule has 0 bridgehead atoms. The van der Waals surface area contributed by atoms with E-state index in [0.29, 0.717) is 18.0 Å². The van der Waals surface area contributed by atoms with Crippen LogP contribution in [0.5, 0.6) is 0 Å². The van der Waals surface area contributed by atoms with Crippen LogP contribution < -0.4 is 10.0 Å². The second-order valence-corrected chi connectivity index (χ2v) is 8.03. The van der Waals surface area contributed by atoms with Gasteiger partial charge in [-0.2, -0.15) is 0 Å². The number of anilines is 1. The van der Waals surface area contributed by atoms with Crippen molar-refractivity contribution in [2.75, 3.05) is 5.32 Å². The maximum absolute atomic E-state index is 12.1. The lowest BCUT2D eigenvalue weighted by atomic mass is 10.1. The van der Waals surface area contributed by atoms with Crippen molar-refractivity contribution in [3.63, 3.8) is 0 Å². The topological polar surface area (TPSA) is 88.2 Å². The number of carbonyl (C=O) groups is 1. The Labute approximate surface area is 139 Å². The predicted molar refractivity (Wildman–Crippen MR) is 88.9 cm³/mol. The summed E-state index contributed by atoms with van der Waals surface area (Å²) in [5.41, 5.74) is 0.921. The molecule has 0 spiro atoms. The number of hydrogen-bond donors (Lipinski definition) is 2. The Bertz CT molecular complexity index is 767. The third kappa shape index (κ3) is 4.60. The van der Waals surface area contributed by atoms with Crippen LogP contribution in [0.2, 0.25) is 0 Å². The Morgan fingerprint density at radius 3 is 2.61 bits per heavy atom. The van der Waals surface area contributed by atoms with Gasteiger partial charge in [-0.15, -0.1) is 11.3 Å². The molecule has 1 amide bonds. The van der Waals surface area contributed by atoms with E-state index in [9.17, 15) is 13.2 Å². The number of hydrogen-bond acceptors (Lipinski definition) is 5. The molecule has 1 aromatic carbocycles. The minimum Gasteiger partial charge on any atom is -0.302 e. The third-order valence-corrected chi connectivity index (χ3v) is 5.68. The second-order valence-electron chi connectivity index (χ2n) is 5.42. The molecule has 2 N–H and O–H groups in total. The van der Waals surface area contributed by atoms with Crippen molar-refractivity contribution in [2.24, 2.45) is 0 Å². The van der Waals surface area contributed by atoms with E-state index >= 15 is 0 Å². The number of thiazole rings is 1. The Kier molecular flexibility index (Phi) is 4.74. The van der Waals surface area contributed by atoms with Gasteiger partial charge >= 0.3 is 0 Å². The highest BCUT2D eigenvalue weighted by Gasteiger charge is 2.27. The molecule has 3 rings (SSSR count). The average Bonchev–Trinajstić information content (AvgIpc) is 3.17. The number of aromatic nitrogens is 1. The van der Waals surface area contributed by atoms with E-state index < -0.39 is 10.0 Å². The lowest BCUT2D eigenvalue weighted by Gasteiger charge is -2.07. The zero-order valence-corrected chi connectivity index (χ0v) is 14.0. The number of carbonyl (C=O) groups excluding carboxylic acids is 1. The van der Waals surface area contributed by atoms with E-state index in [1.54, 1.807) is 35.8 Å². The fourth-order valence-electron chi connectivity index (χ4n) is 2.05. The first-order valence-electron chi connectivity index (χ1n) is 7.33. The summed E-state index contributed by atoms with van der Waals surface area (Å²) in [6.45, 7) is 0. The number of rotatable bonds is 7. The number of sulfonamides is 1. The van der Waals surface area contributed by atoms with E-state index in [0.717, 1.165) is 18.4 Å². The zero-order valence-electron chi connectivity index (χ0n) is 12.4. The molecule has 0 unspecified atom stereocenters. The van der Waals surface area contributed by atoms with Crippen LogP contribution in [0.15, 0.2) is 40.7 Å². The number of nitrogens with one attached hydrogen (secondary N) is 2. The monoisotopic (exact) mass is 351 g/mol. The highest BCUT2D eigenvalue weighted by atomic mass is 32.2. The number of amides is 1. The van der Waals surface area contributed by atoms with Gasteiger partial charge in [0.2, 0.25) is 15.9 Å². The molecule has 1 aliphatic rings. The standard InChI is InChI=1S/C15H17N3O3S2/c19-14(17-15-16-9-10-22-15)8-3-11-1-6-13(7-2-11)23(20,21)18-12-4-5-12/h1-2,6-7,9-10,12,18H,3-5,8H2,(H,16,17,19). The van der Waals surface area contributed by atoms with Gasteiger partial charge in [-0.3, -0.25) is 4.79 Å². The maximum Gasteiger partial charge on any atom is 0.240 e. The van der Waals surface area contributed by atoms with Crippen LogP contribution in [0.1, 0.15) is 24.8 Å². The maximum atomic E-state index is 12.1. The molecule has 122 valence electrons. The largest absolute Gasteiger partial charge is 0.302 e. The van der Waals surface area contributed by atoms with Gasteiger partial charge in [-0.1, -0.05) is 12.1 Å². The molecule has 1 fully saturated rings. The van der Waals surface area contributed by atoms with Crippen molar-refractivity contribution in [1.29, 1.82) is 0 Å². The summed E-state index contributed by atoms with van der Waals surface area (Å²) in [5.74, 6) is -0.105. The zero-order chi connectivity index (χ0) is 16.3. The summed E-state index contributed by atoms with van der Waals surface area (Å²) < 4.78 is 26.8. The molecule has 1 aromatic heterocycles. The lowest BCUT2D eigenvalue weighted by molar-refractivity contribution is -0.116. The smallest absolute Gasteiger partial charge is 0.240 e. The van der Waals surface area contributed by atoms with Gasteiger partial charge in [0.15, 0.2) is 5.13 Å². The first-order chi connectivity index (χ1) is 11.0. The van der Waals surface area contributed by atoms with Gasteiger partial charge in [0.1, 0.15) is 0 Å². The fourth-order valence-corrected chi connectivity index (χ4v) is 3.90. The SMILES string of the molecule is O=C(CCc1ccc(S(=O)(=O)NC2CC2)cc1)Nc1nccs1. The molecule has 1 aliphatic carbocycles. The Hall–Kier alpha value is -1.77. The summed E-state index contributed by atoms with van der Waals surface area (Å²) in [6.07, 6.45) is 4.33. The fraction of sp³-hybridized carbons (Fsp3) is 0.333. The molecule has 0 aliphatic heterocycles. The molecule has 2 aromatic rings. The minimum atomic E-state index is -3.42. The normalized spacial score (nSPS) is 14.6. The predicted octanol–water partition coefficient (Wildman–Crippen LogP) is 2.16. The van der Waals surface area contributed by atoms with Gasteiger partial charge in [0.25, 0.3) is 0 Å².